The van der Waals surface area contributed by atoms with Crippen LogP contribution < -0.4 is 5.32 Å². The van der Waals surface area contributed by atoms with Gasteiger partial charge in [-0.3, -0.25) is 5.10 Å². The number of nitrogens with one attached hydrogen (secondary N) is 2. The monoisotopic (exact) mass is 195 g/mol. The van der Waals surface area contributed by atoms with Gasteiger partial charge in [0, 0.05) is 17.3 Å². The first-order valence-electron chi connectivity index (χ1n) is 5.51. The topological polar surface area (TPSA) is 40.7 Å². The van der Waals surface area contributed by atoms with Crippen molar-refractivity contribution in [3.63, 3.8) is 0 Å². The van der Waals surface area contributed by atoms with E-state index >= 15 is 0 Å². The summed E-state index contributed by atoms with van der Waals surface area (Å²) in [4.78, 5) is 0. The SMILES string of the molecule is CCCc1[nH]nc(NC(C)C)c1CC. The molecule has 80 valence electrons. The minimum Gasteiger partial charge on any atom is -0.366 e. The second kappa shape index (κ2) is 5.03. The highest BCUT2D eigenvalue weighted by molar-refractivity contribution is 5.47. The average molecular weight is 195 g/mol. The van der Waals surface area contributed by atoms with Crippen molar-refractivity contribution in [2.24, 2.45) is 0 Å². The zero-order valence-electron chi connectivity index (χ0n) is 9.65. The van der Waals surface area contributed by atoms with E-state index in [2.05, 4.69) is 43.2 Å². The van der Waals surface area contributed by atoms with E-state index in [9.17, 15) is 0 Å². The van der Waals surface area contributed by atoms with Crippen LogP contribution >= 0.6 is 0 Å². The van der Waals surface area contributed by atoms with Crippen LogP contribution in [0.4, 0.5) is 5.82 Å². The second-order valence-corrected chi connectivity index (χ2v) is 3.93. The van der Waals surface area contributed by atoms with Gasteiger partial charge in [-0.15, -0.1) is 0 Å². The number of rotatable bonds is 5. The zero-order chi connectivity index (χ0) is 10.6. The lowest BCUT2D eigenvalue weighted by Crippen LogP contribution is -2.11. The molecule has 14 heavy (non-hydrogen) atoms. The molecule has 0 aromatic carbocycles. The van der Waals surface area contributed by atoms with Crippen LogP contribution in [0.5, 0.6) is 0 Å². The number of hydrogen-bond acceptors (Lipinski definition) is 2. The third-order valence-electron chi connectivity index (χ3n) is 2.23. The Hall–Kier alpha value is -0.990. The number of H-pyrrole nitrogens is 1. The summed E-state index contributed by atoms with van der Waals surface area (Å²) < 4.78 is 0. The molecule has 0 amide bonds. The molecule has 0 bridgehead atoms. The highest BCUT2D eigenvalue weighted by Crippen LogP contribution is 2.19. The summed E-state index contributed by atoms with van der Waals surface area (Å²) in [5.41, 5.74) is 2.64. The minimum absolute atomic E-state index is 0.443. The summed E-state index contributed by atoms with van der Waals surface area (Å²) in [5.74, 6) is 1.03. The first-order valence-corrected chi connectivity index (χ1v) is 5.51. The van der Waals surface area contributed by atoms with E-state index in [1.807, 2.05) is 0 Å². The van der Waals surface area contributed by atoms with Crippen LogP contribution in [0.3, 0.4) is 0 Å². The molecule has 0 fully saturated rings. The Kier molecular flexibility index (Phi) is 3.98. The normalized spacial score (nSPS) is 10.9. The van der Waals surface area contributed by atoms with Crippen LogP contribution in [-0.2, 0) is 12.8 Å². The standard InChI is InChI=1S/C11H21N3/c1-5-7-10-9(6-2)11(14-13-10)12-8(3)4/h8H,5-7H2,1-4H3,(H2,12,13,14). The van der Waals surface area contributed by atoms with Gasteiger partial charge in [0.25, 0.3) is 0 Å². The van der Waals surface area contributed by atoms with Gasteiger partial charge in [-0.25, -0.2) is 0 Å². The molecule has 1 heterocycles. The Morgan fingerprint density at radius 1 is 1.36 bits per heavy atom. The van der Waals surface area contributed by atoms with Crippen LogP contribution in [0.15, 0.2) is 0 Å². The van der Waals surface area contributed by atoms with Gasteiger partial charge in [0.2, 0.25) is 0 Å². The van der Waals surface area contributed by atoms with Gasteiger partial charge in [0.1, 0.15) is 0 Å². The fourth-order valence-corrected chi connectivity index (χ4v) is 1.63. The molecule has 2 N–H and O–H groups in total. The number of nitrogens with zero attached hydrogens (tertiary/aromatic N) is 1. The number of aromatic amines is 1. The molecule has 0 aliphatic carbocycles. The van der Waals surface area contributed by atoms with Crippen molar-refractivity contribution in [1.82, 2.24) is 10.2 Å². The summed E-state index contributed by atoms with van der Waals surface area (Å²) in [7, 11) is 0. The molecule has 1 aromatic heterocycles. The summed E-state index contributed by atoms with van der Waals surface area (Å²) in [6, 6.07) is 0.443. The molecule has 3 heteroatoms. The average Bonchev–Trinajstić information content (AvgIpc) is 2.47. The van der Waals surface area contributed by atoms with Gasteiger partial charge in [-0.1, -0.05) is 20.3 Å². The zero-order valence-corrected chi connectivity index (χ0v) is 9.65. The lowest BCUT2D eigenvalue weighted by molar-refractivity contribution is 0.853. The van der Waals surface area contributed by atoms with Crippen molar-refractivity contribution in [3.05, 3.63) is 11.3 Å². The summed E-state index contributed by atoms with van der Waals surface area (Å²) >= 11 is 0. The molecule has 1 aromatic rings. The van der Waals surface area contributed by atoms with Gasteiger partial charge >= 0.3 is 0 Å². The molecule has 0 unspecified atom stereocenters. The van der Waals surface area contributed by atoms with Crippen molar-refractivity contribution < 1.29 is 0 Å². The molecule has 0 saturated heterocycles. The molecule has 0 radical (unpaired) electrons. The number of aromatic nitrogens is 2. The van der Waals surface area contributed by atoms with E-state index in [0.29, 0.717) is 6.04 Å². The molecule has 0 atom stereocenters. The van der Waals surface area contributed by atoms with Crippen molar-refractivity contribution in [2.45, 2.75) is 53.0 Å². The van der Waals surface area contributed by atoms with Gasteiger partial charge in [-0.05, 0) is 26.7 Å². The largest absolute Gasteiger partial charge is 0.366 e. The van der Waals surface area contributed by atoms with Gasteiger partial charge < -0.3 is 5.32 Å². The Labute approximate surface area is 86.3 Å². The van der Waals surface area contributed by atoms with E-state index in [-0.39, 0.29) is 0 Å². The van der Waals surface area contributed by atoms with Crippen LogP contribution in [0.2, 0.25) is 0 Å². The van der Waals surface area contributed by atoms with E-state index < -0.39 is 0 Å². The lowest BCUT2D eigenvalue weighted by Gasteiger charge is -2.08. The number of anilines is 1. The Morgan fingerprint density at radius 2 is 2.07 bits per heavy atom. The fourth-order valence-electron chi connectivity index (χ4n) is 1.63. The summed E-state index contributed by atoms with van der Waals surface area (Å²) in [6.45, 7) is 8.63. The lowest BCUT2D eigenvalue weighted by atomic mass is 10.1. The minimum atomic E-state index is 0.443. The maximum absolute atomic E-state index is 4.31. The Bertz CT molecular complexity index is 276. The molecule has 0 aliphatic heterocycles. The Balaban J connectivity index is 2.83. The van der Waals surface area contributed by atoms with Crippen molar-refractivity contribution in [3.8, 4) is 0 Å². The maximum atomic E-state index is 4.31. The molecule has 0 saturated carbocycles. The van der Waals surface area contributed by atoms with E-state index in [0.717, 1.165) is 25.1 Å². The van der Waals surface area contributed by atoms with E-state index in [1.54, 1.807) is 0 Å². The molecule has 3 nitrogen and oxygen atoms in total. The van der Waals surface area contributed by atoms with Crippen molar-refractivity contribution >= 4 is 5.82 Å². The third kappa shape index (κ3) is 2.50. The van der Waals surface area contributed by atoms with Crippen molar-refractivity contribution in [2.75, 3.05) is 5.32 Å². The molecular weight excluding hydrogens is 174 g/mol. The number of hydrogen-bond donors (Lipinski definition) is 2. The molecule has 1 rings (SSSR count). The number of aryl methyl sites for hydroxylation is 1. The molecule has 0 aliphatic rings. The predicted molar refractivity (Wildman–Crippen MR) is 60.7 cm³/mol. The summed E-state index contributed by atoms with van der Waals surface area (Å²) in [6.07, 6.45) is 3.30. The van der Waals surface area contributed by atoms with Crippen LogP contribution in [0.25, 0.3) is 0 Å². The quantitative estimate of drug-likeness (QED) is 0.758. The van der Waals surface area contributed by atoms with Crippen molar-refractivity contribution in [1.29, 1.82) is 0 Å². The van der Waals surface area contributed by atoms with E-state index in [4.69, 9.17) is 0 Å². The highest BCUT2D eigenvalue weighted by atomic mass is 15.2. The highest BCUT2D eigenvalue weighted by Gasteiger charge is 2.10. The summed E-state index contributed by atoms with van der Waals surface area (Å²) in [5, 5.41) is 10.8. The first kappa shape index (κ1) is 11.1. The van der Waals surface area contributed by atoms with Gasteiger partial charge in [0.15, 0.2) is 5.82 Å². The molecular formula is C11H21N3. The smallest absolute Gasteiger partial charge is 0.151 e. The Morgan fingerprint density at radius 3 is 2.57 bits per heavy atom. The van der Waals surface area contributed by atoms with Crippen LogP contribution in [0, 0.1) is 0 Å². The van der Waals surface area contributed by atoms with Crippen LogP contribution in [0.1, 0.15) is 45.4 Å². The first-order chi connectivity index (χ1) is 6.69. The second-order valence-electron chi connectivity index (χ2n) is 3.93. The maximum Gasteiger partial charge on any atom is 0.151 e. The third-order valence-corrected chi connectivity index (χ3v) is 2.23. The van der Waals surface area contributed by atoms with Crippen LogP contribution in [-0.4, -0.2) is 16.2 Å². The van der Waals surface area contributed by atoms with E-state index in [1.165, 1.54) is 11.3 Å². The predicted octanol–water partition coefficient (Wildman–Crippen LogP) is 2.74. The van der Waals surface area contributed by atoms with Gasteiger partial charge in [0.05, 0.1) is 0 Å². The van der Waals surface area contributed by atoms with Gasteiger partial charge in [-0.2, -0.15) is 5.10 Å². The fraction of sp³-hybridized carbons (Fsp3) is 0.727. The molecule has 0 spiro atoms.